The number of amides is 1. The summed E-state index contributed by atoms with van der Waals surface area (Å²) in [5.41, 5.74) is 0.721. The molecule has 1 N–H and O–H groups in total. The predicted octanol–water partition coefficient (Wildman–Crippen LogP) is 2.41. The molecule has 0 radical (unpaired) electrons. The van der Waals surface area contributed by atoms with Crippen molar-refractivity contribution < 1.29 is 23.1 Å². The van der Waals surface area contributed by atoms with Crippen molar-refractivity contribution in [1.82, 2.24) is 5.32 Å². The van der Waals surface area contributed by atoms with Crippen molar-refractivity contribution in [2.45, 2.75) is 25.3 Å². The molecule has 0 aliphatic heterocycles. The molecule has 0 aromatic heterocycles. The van der Waals surface area contributed by atoms with Crippen LogP contribution in [0.2, 0.25) is 0 Å². The average molecular weight is 295 g/mol. The molecule has 0 unspecified atom stereocenters. The molecule has 0 saturated heterocycles. The molecule has 0 heterocycles. The average Bonchev–Trinajstić information content (AvgIpc) is 3.01. The lowest BCUT2D eigenvalue weighted by Gasteiger charge is -2.17. The maximum Gasteiger partial charge on any atom is 0.333 e. The predicted molar refractivity (Wildman–Crippen MR) is 71.2 cm³/mol. The molecule has 0 spiro atoms. The third kappa shape index (κ3) is 3.45. The zero-order valence-corrected chi connectivity index (χ0v) is 11.5. The second kappa shape index (κ2) is 6.47. The van der Waals surface area contributed by atoms with E-state index in [1.54, 1.807) is 6.08 Å². The Labute approximate surface area is 120 Å². The second-order valence-electron chi connectivity index (χ2n) is 4.72. The van der Waals surface area contributed by atoms with Crippen molar-refractivity contribution in [2.24, 2.45) is 0 Å². The van der Waals surface area contributed by atoms with Gasteiger partial charge in [0.15, 0.2) is 17.7 Å². The van der Waals surface area contributed by atoms with E-state index in [-0.39, 0.29) is 5.56 Å². The fourth-order valence-electron chi connectivity index (χ4n) is 2.19. The number of nitrogens with one attached hydrogen (secondary N) is 1. The molecular weight excluding hydrogens is 280 g/mol. The van der Waals surface area contributed by atoms with Gasteiger partial charge in [0.1, 0.15) is 0 Å². The van der Waals surface area contributed by atoms with Gasteiger partial charge in [0.05, 0.1) is 7.11 Å². The van der Waals surface area contributed by atoms with Gasteiger partial charge < -0.3 is 10.1 Å². The zero-order chi connectivity index (χ0) is 15.4. The van der Waals surface area contributed by atoms with Crippen LogP contribution >= 0.6 is 0 Å². The molecule has 2 rings (SSSR count). The second-order valence-corrected chi connectivity index (χ2v) is 4.72. The molecule has 1 aliphatic rings. The lowest BCUT2D eigenvalue weighted by Crippen LogP contribution is -2.35. The van der Waals surface area contributed by atoms with Gasteiger partial charge in [-0.15, -0.1) is 0 Å². The minimum Gasteiger partial charge on any atom is -0.467 e. The number of rotatable bonds is 4. The number of benzene rings is 1. The van der Waals surface area contributed by atoms with Crippen molar-refractivity contribution in [3.8, 4) is 0 Å². The van der Waals surface area contributed by atoms with Gasteiger partial charge in [0.25, 0.3) is 0 Å². The summed E-state index contributed by atoms with van der Waals surface area (Å²) in [6, 6.07) is 1.85. The lowest BCUT2D eigenvalue weighted by atomic mass is 10.1. The maximum atomic E-state index is 13.3. The van der Waals surface area contributed by atoms with Crippen molar-refractivity contribution in [3.05, 3.63) is 47.0 Å². The van der Waals surface area contributed by atoms with Gasteiger partial charge in [-0.3, -0.25) is 4.79 Å². The van der Waals surface area contributed by atoms with E-state index in [1.807, 2.05) is 0 Å². The lowest BCUT2D eigenvalue weighted by molar-refractivity contribution is -0.144. The number of halogens is 2. The van der Waals surface area contributed by atoms with E-state index < -0.39 is 29.6 Å². The van der Waals surface area contributed by atoms with Gasteiger partial charge in [-0.25, -0.2) is 13.6 Å². The zero-order valence-electron chi connectivity index (χ0n) is 11.5. The summed E-state index contributed by atoms with van der Waals surface area (Å²) < 4.78 is 30.9. The number of ether oxygens (including phenoxy) is 1. The SMILES string of the molecule is COC(=O)[C@H](NC(=O)C1=CCCC1)c1ccc(F)c(F)c1. The summed E-state index contributed by atoms with van der Waals surface area (Å²) in [5, 5.41) is 2.50. The first-order valence-electron chi connectivity index (χ1n) is 6.55. The number of esters is 1. The van der Waals surface area contributed by atoms with Crippen LogP contribution in [0.15, 0.2) is 29.8 Å². The Bertz CT molecular complexity index is 599. The van der Waals surface area contributed by atoms with Crippen molar-refractivity contribution in [1.29, 1.82) is 0 Å². The highest BCUT2D eigenvalue weighted by molar-refractivity contribution is 5.96. The van der Waals surface area contributed by atoms with E-state index in [4.69, 9.17) is 0 Å². The quantitative estimate of drug-likeness (QED) is 0.868. The smallest absolute Gasteiger partial charge is 0.333 e. The van der Waals surface area contributed by atoms with E-state index in [1.165, 1.54) is 6.07 Å². The number of hydrogen-bond donors (Lipinski definition) is 1. The molecular formula is C15H15F2NO3. The summed E-state index contributed by atoms with van der Waals surface area (Å²) in [6.07, 6.45) is 4.14. The van der Waals surface area contributed by atoms with Crippen LogP contribution in [0, 0.1) is 11.6 Å². The summed E-state index contributed by atoms with van der Waals surface area (Å²) >= 11 is 0. The minimum absolute atomic E-state index is 0.132. The maximum absolute atomic E-state index is 13.3. The Hall–Kier alpha value is -2.24. The normalized spacial score (nSPS) is 15.3. The molecule has 0 saturated carbocycles. The third-order valence-electron chi connectivity index (χ3n) is 3.32. The van der Waals surface area contributed by atoms with Crippen molar-refractivity contribution in [2.75, 3.05) is 7.11 Å². The van der Waals surface area contributed by atoms with Crippen LogP contribution in [0.3, 0.4) is 0 Å². The number of carbonyl (C=O) groups excluding carboxylic acids is 2. The Morgan fingerprint density at radius 1 is 1.29 bits per heavy atom. The molecule has 1 aliphatic carbocycles. The van der Waals surface area contributed by atoms with Gasteiger partial charge >= 0.3 is 5.97 Å². The highest BCUT2D eigenvalue weighted by Crippen LogP contribution is 2.21. The Morgan fingerprint density at radius 2 is 2.05 bits per heavy atom. The standard InChI is InChI=1S/C15H15F2NO3/c1-21-15(20)13(10-6-7-11(16)12(17)8-10)18-14(19)9-4-2-3-5-9/h4,6-8,13H,2-3,5H2,1H3,(H,18,19)/t13-/m1/s1. The third-order valence-corrected chi connectivity index (χ3v) is 3.32. The molecule has 4 nitrogen and oxygen atoms in total. The fraction of sp³-hybridized carbons (Fsp3) is 0.333. The molecule has 6 heteroatoms. The van der Waals surface area contributed by atoms with Gasteiger partial charge in [0.2, 0.25) is 5.91 Å². The van der Waals surface area contributed by atoms with Gasteiger partial charge in [-0.05, 0) is 37.0 Å². The van der Waals surface area contributed by atoms with Crippen LogP contribution in [0.1, 0.15) is 30.9 Å². The van der Waals surface area contributed by atoms with Gasteiger partial charge in [-0.1, -0.05) is 12.1 Å². The van der Waals surface area contributed by atoms with E-state index in [0.29, 0.717) is 12.0 Å². The van der Waals surface area contributed by atoms with Crippen LogP contribution in [0.4, 0.5) is 8.78 Å². The highest BCUT2D eigenvalue weighted by atomic mass is 19.2. The first-order chi connectivity index (χ1) is 10.0. The van der Waals surface area contributed by atoms with E-state index in [2.05, 4.69) is 10.1 Å². The molecule has 112 valence electrons. The number of methoxy groups -OCH3 is 1. The largest absolute Gasteiger partial charge is 0.467 e. The van der Waals surface area contributed by atoms with E-state index >= 15 is 0 Å². The molecule has 1 atom stereocenters. The van der Waals surface area contributed by atoms with Crippen LogP contribution in [0.5, 0.6) is 0 Å². The summed E-state index contributed by atoms with van der Waals surface area (Å²) in [5.74, 6) is -3.25. The Balaban J connectivity index is 2.23. The monoisotopic (exact) mass is 295 g/mol. The van der Waals surface area contributed by atoms with Crippen LogP contribution in [0.25, 0.3) is 0 Å². The molecule has 0 bridgehead atoms. The first kappa shape index (κ1) is 15.2. The topological polar surface area (TPSA) is 55.4 Å². The fourth-order valence-corrected chi connectivity index (χ4v) is 2.19. The number of hydrogen-bond acceptors (Lipinski definition) is 3. The number of allylic oxidation sites excluding steroid dienone is 1. The minimum atomic E-state index is -1.17. The van der Waals surface area contributed by atoms with Crippen LogP contribution in [-0.2, 0) is 14.3 Å². The van der Waals surface area contributed by atoms with Crippen LogP contribution < -0.4 is 5.32 Å². The van der Waals surface area contributed by atoms with Gasteiger partial charge in [-0.2, -0.15) is 0 Å². The first-order valence-corrected chi connectivity index (χ1v) is 6.55. The van der Waals surface area contributed by atoms with Crippen molar-refractivity contribution >= 4 is 11.9 Å². The Morgan fingerprint density at radius 3 is 2.62 bits per heavy atom. The molecule has 1 aromatic rings. The van der Waals surface area contributed by atoms with Crippen molar-refractivity contribution in [3.63, 3.8) is 0 Å². The molecule has 1 amide bonds. The highest BCUT2D eigenvalue weighted by Gasteiger charge is 2.26. The summed E-state index contributed by atoms with van der Waals surface area (Å²) in [4.78, 5) is 23.8. The molecule has 0 fully saturated rings. The van der Waals surface area contributed by atoms with E-state index in [0.717, 1.165) is 32.1 Å². The summed E-state index contributed by atoms with van der Waals surface area (Å²) in [7, 11) is 1.16. The Kier molecular flexibility index (Phi) is 4.67. The number of carbonyl (C=O) groups is 2. The molecule has 1 aromatic carbocycles. The van der Waals surface area contributed by atoms with E-state index in [9.17, 15) is 18.4 Å². The molecule has 21 heavy (non-hydrogen) atoms. The van der Waals surface area contributed by atoms with Crippen LogP contribution in [-0.4, -0.2) is 19.0 Å². The van der Waals surface area contributed by atoms with Gasteiger partial charge in [0, 0.05) is 5.57 Å². The summed E-state index contributed by atoms with van der Waals surface area (Å²) in [6.45, 7) is 0.